The molecule has 1 amide bonds. The van der Waals surface area contributed by atoms with Crippen molar-refractivity contribution in [3.8, 4) is 0 Å². The Morgan fingerprint density at radius 1 is 1.06 bits per heavy atom. The number of para-hydroxylation sites is 1. The van der Waals surface area contributed by atoms with Crippen molar-refractivity contribution in [2.24, 2.45) is 11.8 Å². The number of aliphatic hydroxyl groups is 1. The van der Waals surface area contributed by atoms with Gasteiger partial charge in [-0.3, -0.25) is 14.7 Å². The number of piperazine rings is 1. The number of hydrogen-bond donors (Lipinski definition) is 1. The molecule has 4 atom stereocenters. The summed E-state index contributed by atoms with van der Waals surface area (Å²) in [5.41, 5.74) is 3.67. The third-order valence-electron chi connectivity index (χ3n) is 7.80. The highest BCUT2D eigenvalue weighted by molar-refractivity contribution is 6.06. The van der Waals surface area contributed by atoms with Crippen molar-refractivity contribution in [1.29, 1.82) is 0 Å². The average molecular weight is 423 g/mol. The van der Waals surface area contributed by atoms with Crippen LogP contribution in [0.1, 0.15) is 34.5 Å². The fourth-order valence-corrected chi connectivity index (χ4v) is 5.99. The van der Waals surface area contributed by atoms with Crippen LogP contribution >= 0.6 is 0 Å². The number of carbonyl (C=O) groups is 1. The predicted octanol–water partition coefficient (Wildman–Crippen LogP) is 2.31. The molecule has 6 heteroatoms. The summed E-state index contributed by atoms with van der Waals surface area (Å²) in [7, 11) is 2.16. The van der Waals surface area contributed by atoms with E-state index < -0.39 is 0 Å². The number of amides is 1. The Hall–Kier alpha value is -2.02. The maximum atomic E-state index is 13.6. The van der Waals surface area contributed by atoms with Gasteiger partial charge in [-0.15, -0.1) is 0 Å². The van der Waals surface area contributed by atoms with Gasteiger partial charge in [0.2, 0.25) is 0 Å². The molecule has 6 nitrogen and oxygen atoms in total. The van der Waals surface area contributed by atoms with Gasteiger partial charge in [0, 0.05) is 56.4 Å². The number of aromatic nitrogens is 1. The standard InChI is InChI=1S/C25H34N4O2/c1-16-5-4-6-20-21(11-17(2)26-24(16)20)25(31)29-14-18-12-22(23(30)13-19(18)15-29)28-9-7-27(3)8-10-28/h4-6,11,18-19,22-23,30H,7-10,12-15H2,1-3H3/t18-,19+,22-,23-/m1/s1. The van der Waals surface area contributed by atoms with Crippen LogP contribution < -0.4 is 0 Å². The fraction of sp³-hybridized carbons (Fsp3) is 0.600. The normalized spacial score (nSPS) is 30.0. The summed E-state index contributed by atoms with van der Waals surface area (Å²) in [5, 5.41) is 11.9. The van der Waals surface area contributed by atoms with Crippen LogP contribution in [0.5, 0.6) is 0 Å². The van der Waals surface area contributed by atoms with Gasteiger partial charge in [0.25, 0.3) is 5.91 Å². The Morgan fingerprint density at radius 2 is 1.77 bits per heavy atom. The van der Waals surface area contributed by atoms with E-state index in [1.54, 1.807) is 0 Å². The van der Waals surface area contributed by atoms with Gasteiger partial charge in [-0.2, -0.15) is 0 Å². The summed E-state index contributed by atoms with van der Waals surface area (Å²) in [6, 6.07) is 8.24. The zero-order valence-electron chi connectivity index (χ0n) is 18.9. The van der Waals surface area contributed by atoms with Crippen molar-refractivity contribution in [2.75, 3.05) is 46.3 Å². The number of likely N-dealkylation sites (tertiary alicyclic amines) is 1. The molecule has 1 saturated carbocycles. The number of likely N-dealkylation sites (N-methyl/N-ethyl adjacent to an activating group) is 1. The van der Waals surface area contributed by atoms with E-state index in [1.807, 2.05) is 43.0 Å². The number of rotatable bonds is 2. The minimum absolute atomic E-state index is 0.112. The van der Waals surface area contributed by atoms with Crippen molar-refractivity contribution >= 4 is 16.8 Å². The van der Waals surface area contributed by atoms with Crippen LogP contribution in [-0.4, -0.2) is 89.2 Å². The Morgan fingerprint density at radius 3 is 2.52 bits per heavy atom. The molecule has 2 aromatic rings. The van der Waals surface area contributed by atoms with Gasteiger partial charge in [0.15, 0.2) is 0 Å². The number of benzene rings is 1. The third-order valence-corrected chi connectivity index (χ3v) is 7.80. The summed E-state index contributed by atoms with van der Waals surface area (Å²) in [4.78, 5) is 25.1. The van der Waals surface area contributed by atoms with E-state index in [1.165, 1.54) is 0 Å². The van der Waals surface area contributed by atoms with Gasteiger partial charge in [0.1, 0.15) is 0 Å². The van der Waals surface area contributed by atoms with Gasteiger partial charge >= 0.3 is 0 Å². The topological polar surface area (TPSA) is 59.9 Å². The SMILES string of the molecule is Cc1cc(C(=O)N2C[C@H]3C[C@@H](N4CCN(C)CC4)[C@H](O)C[C@H]3C2)c2cccc(C)c2n1. The smallest absolute Gasteiger partial charge is 0.254 e. The maximum absolute atomic E-state index is 13.6. The van der Waals surface area contributed by atoms with Crippen LogP contribution in [0.4, 0.5) is 0 Å². The Balaban J connectivity index is 1.35. The van der Waals surface area contributed by atoms with E-state index in [0.29, 0.717) is 11.8 Å². The average Bonchev–Trinajstić information content (AvgIpc) is 3.16. The molecule has 5 rings (SSSR count). The largest absolute Gasteiger partial charge is 0.391 e. The van der Waals surface area contributed by atoms with Gasteiger partial charge in [0.05, 0.1) is 17.2 Å². The highest BCUT2D eigenvalue weighted by Crippen LogP contribution is 2.39. The van der Waals surface area contributed by atoms with E-state index >= 15 is 0 Å². The van der Waals surface area contributed by atoms with Gasteiger partial charge < -0.3 is 14.9 Å². The second-order valence-electron chi connectivity index (χ2n) is 9.96. The van der Waals surface area contributed by atoms with Crippen molar-refractivity contribution in [2.45, 2.75) is 38.8 Å². The summed E-state index contributed by atoms with van der Waals surface area (Å²) in [6.07, 6.45) is 1.52. The Labute approximate surface area is 184 Å². The molecule has 2 saturated heterocycles. The lowest BCUT2D eigenvalue weighted by atomic mass is 9.77. The molecule has 0 unspecified atom stereocenters. The number of pyridine rings is 1. The number of hydrogen-bond acceptors (Lipinski definition) is 5. The second kappa shape index (κ2) is 8.15. The van der Waals surface area contributed by atoms with Gasteiger partial charge in [-0.25, -0.2) is 0 Å². The monoisotopic (exact) mass is 422 g/mol. The molecule has 1 aromatic carbocycles. The first-order valence-electron chi connectivity index (χ1n) is 11.7. The number of carbonyl (C=O) groups excluding carboxylic acids is 1. The molecule has 1 aromatic heterocycles. The predicted molar refractivity (Wildman–Crippen MR) is 122 cm³/mol. The van der Waals surface area contributed by atoms with Crippen molar-refractivity contribution in [3.63, 3.8) is 0 Å². The van der Waals surface area contributed by atoms with Crippen molar-refractivity contribution in [3.05, 3.63) is 41.1 Å². The quantitative estimate of drug-likeness (QED) is 0.805. The van der Waals surface area contributed by atoms with E-state index in [4.69, 9.17) is 0 Å². The number of aryl methyl sites for hydroxylation is 2. The number of nitrogens with zero attached hydrogens (tertiary/aromatic N) is 4. The lowest BCUT2D eigenvalue weighted by Crippen LogP contribution is -2.55. The van der Waals surface area contributed by atoms with E-state index in [0.717, 1.165) is 79.8 Å². The molecule has 1 aliphatic carbocycles. The summed E-state index contributed by atoms with van der Waals surface area (Å²) < 4.78 is 0. The summed E-state index contributed by atoms with van der Waals surface area (Å²) in [5.74, 6) is 0.993. The van der Waals surface area contributed by atoms with Gasteiger partial charge in [-0.05, 0) is 57.2 Å². The number of fused-ring (bicyclic) bond motifs is 2. The van der Waals surface area contributed by atoms with Crippen LogP contribution in [0.25, 0.3) is 10.9 Å². The van der Waals surface area contributed by atoms with Crippen LogP contribution in [0.3, 0.4) is 0 Å². The molecule has 3 fully saturated rings. The van der Waals surface area contributed by atoms with E-state index in [9.17, 15) is 9.90 Å². The molecule has 2 aliphatic heterocycles. The van der Waals surface area contributed by atoms with Crippen molar-refractivity contribution in [1.82, 2.24) is 19.7 Å². The van der Waals surface area contributed by atoms with Crippen molar-refractivity contribution < 1.29 is 9.90 Å². The molecule has 166 valence electrons. The van der Waals surface area contributed by atoms with Crippen LogP contribution in [-0.2, 0) is 0 Å². The molecule has 0 spiro atoms. The lowest BCUT2D eigenvalue weighted by Gasteiger charge is -2.44. The van der Waals surface area contributed by atoms with Crippen LogP contribution in [0, 0.1) is 25.7 Å². The maximum Gasteiger partial charge on any atom is 0.254 e. The molecule has 1 N–H and O–H groups in total. The summed E-state index contributed by atoms with van der Waals surface area (Å²) in [6.45, 7) is 9.75. The molecular formula is C25H34N4O2. The molecule has 3 heterocycles. The highest BCUT2D eigenvalue weighted by atomic mass is 16.3. The fourth-order valence-electron chi connectivity index (χ4n) is 5.99. The summed E-state index contributed by atoms with van der Waals surface area (Å²) >= 11 is 0. The van der Waals surface area contributed by atoms with Crippen LogP contribution in [0.2, 0.25) is 0 Å². The molecule has 0 bridgehead atoms. The molecule has 3 aliphatic rings. The Bertz CT molecular complexity index is 985. The first-order valence-corrected chi connectivity index (χ1v) is 11.7. The Kier molecular flexibility index (Phi) is 5.49. The lowest BCUT2D eigenvalue weighted by molar-refractivity contribution is -0.0249. The molecule has 0 radical (unpaired) electrons. The zero-order valence-corrected chi connectivity index (χ0v) is 18.9. The van der Waals surface area contributed by atoms with E-state index in [-0.39, 0.29) is 18.1 Å². The van der Waals surface area contributed by atoms with E-state index in [2.05, 4.69) is 21.8 Å². The first kappa shape index (κ1) is 20.9. The minimum atomic E-state index is -0.286. The molecular weight excluding hydrogens is 388 g/mol. The third kappa shape index (κ3) is 3.86. The van der Waals surface area contributed by atoms with Crippen LogP contribution in [0.15, 0.2) is 24.3 Å². The minimum Gasteiger partial charge on any atom is -0.391 e. The second-order valence-corrected chi connectivity index (χ2v) is 9.96. The number of aliphatic hydroxyl groups excluding tert-OH is 1. The molecule has 31 heavy (non-hydrogen) atoms. The zero-order chi connectivity index (χ0) is 21.7. The first-order chi connectivity index (χ1) is 14.9. The highest BCUT2D eigenvalue weighted by Gasteiger charge is 2.45. The van der Waals surface area contributed by atoms with Gasteiger partial charge in [-0.1, -0.05) is 18.2 Å².